The number of nitrogens with one attached hydrogen (secondary N) is 1. The molecule has 1 saturated carbocycles. The first-order valence-electron chi connectivity index (χ1n) is 7.59. The lowest BCUT2D eigenvalue weighted by molar-refractivity contribution is -0.123. The molecule has 1 N–H and O–H groups in total. The van der Waals surface area contributed by atoms with Crippen molar-refractivity contribution in [1.82, 2.24) is 5.43 Å². The molecular formula is C17H24N2O2. The molecule has 0 spiro atoms. The predicted molar refractivity (Wildman–Crippen MR) is 84.6 cm³/mol. The summed E-state index contributed by atoms with van der Waals surface area (Å²) in [7, 11) is 0. The van der Waals surface area contributed by atoms with Crippen molar-refractivity contribution in [2.45, 2.75) is 46.5 Å². The minimum absolute atomic E-state index is 0.00250. The normalized spacial score (nSPS) is 18.2. The second kappa shape index (κ2) is 7.25. The second-order valence-electron chi connectivity index (χ2n) is 5.95. The Hall–Kier alpha value is -1.84. The first-order valence-corrected chi connectivity index (χ1v) is 7.59. The highest BCUT2D eigenvalue weighted by Crippen LogP contribution is 2.21. The third-order valence-electron chi connectivity index (χ3n) is 3.89. The zero-order valence-corrected chi connectivity index (χ0v) is 13.1. The summed E-state index contributed by atoms with van der Waals surface area (Å²) in [6.45, 7) is 6.23. The van der Waals surface area contributed by atoms with Gasteiger partial charge in [-0.25, -0.2) is 5.43 Å². The number of ether oxygens (including phenoxy) is 1. The lowest BCUT2D eigenvalue weighted by atomic mass is 9.90. The highest BCUT2D eigenvalue weighted by molar-refractivity contribution is 5.87. The number of rotatable bonds is 4. The van der Waals surface area contributed by atoms with Gasteiger partial charge in [0.1, 0.15) is 5.75 Å². The third kappa shape index (κ3) is 4.88. The van der Waals surface area contributed by atoms with E-state index in [1.54, 1.807) is 0 Å². The van der Waals surface area contributed by atoms with Crippen molar-refractivity contribution in [3.8, 4) is 5.75 Å². The predicted octanol–water partition coefficient (Wildman–Crippen LogP) is 3.36. The van der Waals surface area contributed by atoms with Crippen LogP contribution in [0.15, 0.2) is 23.3 Å². The van der Waals surface area contributed by atoms with Crippen molar-refractivity contribution in [2.24, 2.45) is 11.0 Å². The Morgan fingerprint density at radius 3 is 2.76 bits per heavy atom. The fraction of sp³-hybridized carbons (Fsp3) is 0.529. The molecule has 0 aromatic heterocycles. The van der Waals surface area contributed by atoms with Crippen molar-refractivity contribution in [3.05, 3.63) is 29.3 Å². The fourth-order valence-corrected chi connectivity index (χ4v) is 2.39. The number of nitrogens with zero attached hydrogens (tertiary/aromatic N) is 1. The molecule has 0 heterocycles. The van der Waals surface area contributed by atoms with Crippen LogP contribution in [-0.2, 0) is 4.79 Å². The molecule has 2 rings (SSSR count). The molecule has 0 bridgehead atoms. The van der Waals surface area contributed by atoms with Crippen molar-refractivity contribution >= 4 is 11.6 Å². The summed E-state index contributed by atoms with van der Waals surface area (Å²) in [4.78, 5) is 11.8. The smallest absolute Gasteiger partial charge is 0.277 e. The summed E-state index contributed by atoms with van der Waals surface area (Å²) in [5, 5.41) is 4.21. The summed E-state index contributed by atoms with van der Waals surface area (Å²) in [6.07, 6.45) is 4.29. The number of hydrogen-bond donors (Lipinski definition) is 1. The maximum absolute atomic E-state index is 11.8. The van der Waals surface area contributed by atoms with Crippen LogP contribution in [0.2, 0.25) is 0 Å². The first kappa shape index (κ1) is 15.5. The Morgan fingerprint density at radius 2 is 2.05 bits per heavy atom. The van der Waals surface area contributed by atoms with Gasteiger partial charge in [-0.2, -0.15) is 5.10 Å². The summed E-state index contributed by atoms with van der Waals surface area (Å²) >= 11 is 0. The molecule has 1 amide bonds. The van der Waals surface area contributed by atoms with E-state index in [9.17, 15) is 4.79 Å². The maximum atomic E-state index is 11.8. The Balaban J connectivity index is 1.80. The van der Waals surface area contributed by atoms with Crippen molar-refractivity contribution in [1.29, 1.82) is 0 Å². The Kier molecular flexibility index (Phi) is 5.37. The third-order valence-corrected chi connectivity index (χ3v) is 3.89. The molecule has 1 aliphatic rings. The lowest BCUT2D eigenvalue weighted by Gasteiger charge is -2.18. The van der Waals surface area contributed by atoms with Crippen molar-refractivity contribution in [3.63, 3.8) is 0 Å². The molecule has 1 fully saturated rings. The highest BCUT2D eigenvalue weighted by atomic mass is 16.5. The van der Waals surface area contributed by atoms with Crippen LogP contribution in [0.1, 0.15) is 43.7 Å². The Morgan fingerprint density at radius 1 is 1.33 bits per heavy atom. The van der Waals surface area contributed by atoms with Crippen LogP contribution in [0.4, 0.5) is 0 Å². The molecule has 0 aliphatic heterocycles. The van der Waals surface area contributed by atoms with E-state index < -0.39 is 0 Å². The largest absolute Gasteiger partial charge is 0.483 e. The van der Waals surface area contributed by atoms with Crippen LogP contribution in [0.25, 0.3) is 0 Å². The monoisotopic (exact) mass is 288 g/mol. The quantitative estimate of drug-likeness (QED) is 0.864. The summed E-state index contributed by atoms with van der Waals surface area (Å²) in [5.74, 6) is 1.32. The first-order chi connectivity index (χ1) is 10.0. The lowest BCUT2D eigenvalue weighted by Crippen LogP contribution is -2.26. The van der Waals surface area contributed by atoms with E-state index in [-0.39, 0.29) is 12.5 Å². The standard InChI is InChI=1S/C17H24N2O2/c1-12-5-8-15(9-6-12)18-19-17(20)11-21-16-10-13(2)4-7-14(16)3/h4,7,10,12H,5-6,8-9,11H2,1-3H3,(H,19,20). The molecule has 0 unspecified atom stereocenters. The molecule has 0 radical (unpaired) electrons. The minimum Gasteiger partial charge on any atom is -0.483 e. The number of hydrazone groups is 1. The van der Waals surface area contributed by atoms with Gasteiger partial charge in [0.15, 0.2) is 6.61 Å². The molecule has 1 aliphatic carbocycles. The van der Waals surface area contributed by atoms with Crippen LogP contribution in [0, 0.1) is 19.8 Å². The molecule has 4 nitrogen and oxygen atoms in total. The number of amides is 1. The van der Waals surface area contributed by atoms with Crippen molar-refractivity contribution < 1.29 is 9.53 Å². The van der Waals surface area contributed by atoms with Crippen LogP contribution in [0.5, 0.6) is 5.75 Å². The maximum Gasteiger partial charge on any atom is 0.277 e. The summed E-state index contributed by atoms with van der Waals surface area (Å²) in [5.41, 5.74) is 5.83. The number of aryl methyl sites for hydroxylation is 2. The molecule has 1 aromatic rings. The van der Waals surface area contributed by atoms with E-state index in [1.807, 2.05) is 32.0 Å². The van der Waals surface area contributed by atoms with Gasteiger partial charge in [0.05, 0.1) is 0 Å². The molecule has 0 saturated heterocycles. The van der Waals surface area contributed by atoms with Gasteiger partial charge in [-0.15, -0.1) is 0 Å². The van der Waals surface area contributed by atoms with Gasteiger partial charge in [-0.1, -0.05) is 19.1 Å². The number of hydrogen-bond acceptors (Lipinski definition) is 3. The molecule has 1 aromatic carbocycles. The minimum atomic E-state index is -0.206. The molecular weight excluding hydrogens is 264 g/mol. The van der Waals surface area contributed by atoms with E-state index in [0.29, 0.717) is 0 Å². The fourth-order valence-electron chi connectivity index (χ4n) is 2.39. The van der Waals surface area contributed by atoms with E-state index in [4.69, 9.17) is 4.74 Å². The second-order valence-corrected chi connectivity index (χ2v) is 5.95. The van der Waals surface area contributed by atoms with E-state index in [2.05, 4.69) is 17.5 Å². The van der Waals surface area contributed by atoms with Gasteiger partial charge in [-0.3, -0.25) is 4.79 Å². The number of benzene rings is 1. The molecule has 0 atom stereocenters. The zero-order chi connectivity index (χ0) is 15.2. The van der Waals surface area contributed by atoms with Crippen LogP contribution < -0.4 is 10.2 Å². The van der Waals surface area contributed by atoms with Gasteiger partial charge >= 0.3 is 0 Å². The number of carbonyl (C=O) groups is 1. The van der Waals surface area contributed by atoms with Crippen LogP contribution >= 0.6 is 0 Å². The van der Waals surface area contributed by atoms with Gasteiger partial charge in [0.25, 0.3) is 5.91 Å². The van der Waals surface area contributed by atoms with E-state index in [0.717, 1.165) is 54.2 Å². The summed E-state index contributed by atoms with van der Waals surface area (Å²) in [6, 6.07) is 5.96. The van der Waals surface area contributed by atoms with Gasteiger partial charge in [0.2, 0.25) is 0 Å². The molecule has 114 valence electrons. The van der Waals surface area contributed by atoms with E-state index >= 15 is 0 Å². The summed E-state index contributed by atoms with van der Waals surface area (Å²) < 4.78 is 5.56. The van der Waals surface area contributed by atoms with Crippen LogP contribution in [0.3, 0.4) is 0 Å². The Labute approximate surface area is 126 Å². The highest BCUT2D eigenvalue weighted by Gasteiger charge is 2.13. The number of carbonyl (C=O) groups excluding carboxylic acids is 1. The van der Waals surface area contributed by atoms with Crippen LogP contribution in [-0.4, -0.2) is 18.2 Å². The van der Waals surface area contributed by atoms with Gasteiger partial charge in [-0.05, 0) is 62.6 Å². The SMILES string of the molecule is Cc1ccc(C)c(OCC(=O)NN=C2CCC(C)CC2)c1. The zero-order valence-electron chi connectivity index (χ0n) is 13.1. The van der Waals surface area contributed by atoms with E-state index in [1.165, 1.54) is 0 Å². The average Bonchev–Trinajstić information content (AvgIpc) is 2.47. The molecule has 21 heavy (non-hydrogen) atoms. The topological polar surface area (TPSA) is 50.7 Å². The van der Waals surface area contributed by atoms with Crippen molar-refractivity contribution in [2.75, 3.05) is 6.61 Å². The van der Waals surface area contributed by atoms with Gasteiger partial charge < -0.3 is 4.74 Å². The molecule has 4 heteroatoms. The Bertz CT molecular complexity index is 528. The van der Waals surface area contributed by atoms with Gasteiger partial charge in [0, 0.05) is 5.71 Å². The average molecular weight is 288 g/mol.